The molecule has 2 N–H and O–H groups in total. The first-order valence-corrected chi connectivity index (χ1v) is 11.3. The third kappa shape index (κ3) is 9.03. The Bertz CT molecular complexity index is 884. The second-order valence-corrected chi connectivity index (χ2v) is 8.47. The van der Waals surface area contributed by atoms with Crippen LogP contribution in [-0.4, -0.2) is 47.4 Å². The van der Waals surface area contributed by atoms with E-state index >= 15 is 0 Å². The SMILES string of the molecule is CCNC(=NCCc1ccc(S(C)(=O)=O)cc1)NCCc1cccc(OC)c1.I. The summed E-state index contributed by atoms with van der Waals surface area (Å²) in [6, 6.07) is 15.0. The highest BCUT2D eigenvalue weighted by Gasteiger charge is 2.06. The first-order valence-electron chi connectivity index (χ1n) is 9.36. The molecule has 8 heteroatoms. The topological polar surface area (TPSA) is 79.8 Å². The highest BCUT2D eigenvalue weighted by molar-refractivity contribution is 14.0. The fourth-order valence-corrected chi connectivity index (χ4v) is 3.33. The number of sulfone groups is 1. The number of rotatable bonds is 9. The van der Waals surface area contributed by atoms with Crippen molar-refractivity contribution in [3.05, 3.63) is 59.7 Å². The van der Waals surface area contributed by atoms with Crippen LogP contribution in [0.3, 0.4) is 0 Å². The molecule has 2 aromatic rings. The maximum atomic E-state index is 11.5. The zero-order chi connectivity index (χ0) is 20.4. The van der Waals surface area contributed by atoms with E-state index in [1.807, 2.05) is 37.3 Å². The van der Waals surface area contributed by atoms with Gasteiger partial charge >= 0.3 is 0 Å². The molecule has 0 aromatic heterocycles. The first kappa shape index (κ1) is 25.2. The van der Waals surface area contributed by atoms with Crippen molar-refractivity contribution in [2.24, 2.45) is 4.99 Å². The molecule has 0 amide bonds. The van der Waals surface area contributed by atoms with Crippen molar-refractivity contribution in [2.75, 3.05) is 33.0 Å². The minimum absolute atomic E-state index is 0. The molecule has 0 heterocycles. The number of guanidine groups is 1. The van der Waals surface area contributed by atoms with Gasteiger partial charge in [-0.05, 0) is 55.2 Å². The Morgan fingerprint density at radius 3 is 2.38 bits per heavy atom. The number of aliphatic imine (C=N–C) groups is 1. The zero-order valence-corrected chi connectivity index (χ0v) is 20.3. The monoisotopic (exact) mass is 531 g/mol. The van der Waals surface area contributed by atoms with Gasteiger partial charge in [0.25, 0.3) is 0 Å². The molecule has 29 heavy (non-hydrogen) atoms. The molecular formula is C21H30IN3O3S. The van der Waals surface area contributed by atoms with Gasteiger partial charge in [0, 0.05) is 25.9 Å². The Morgan fingerprint density at radius 2 is 1.76 bits per heavy atom. The minimum atomic E-state index is -3.15. The van der Waals surface area contributed by atoms with Crippen LogP contribution in [0.25, 0.3) is 0 Å². The van der Waals surface area contributed by atoms with Crippen molar-refractivity contribution in [1.29, 1.82) is 0 Å². The molecule has 0 fully saturated rings. The van der Waals surface area contributed by atoms with Crippen molar-refractivity contribution in [3.8, 4) is 5.75 Å². The van der Waals surface area contributed by atoms with Crippen LogP contribution >= 0.6 is 24.0 Å². The van der Waals surface area contributed by atoms with E-state index in [2.05, 4.69) is 21.7 Å². The number of hydrogen-bond donors (Lipinski definition) is 2. The van der Waals surface area contributed by atoms with Crippen LogP contribution in [0.5, 0.6) is 5.75 Å². The fourth-order valence-electron chi connectivity index (χ4n) is 2.70. The van der Waals surface area contributed by atoms with E-state index in [0.717, 1.165) is 43.2 Å². The lowest BCUT2D eigenvalue weighted by atomic mass is 10.1. The summed E-state index contributed by atoms with van der Waals surface area (Å²) in [6.07, 6.45) is 2.83. The van der Waals surface area contributed by atoms with Gasteiger partial charge in [0.05, 0.1) is 12.0 Å². The van der Waals surface area contributed by atoms with E-state index in [4.69, 9.17) is 4.74 Å². The molecule has 160 valence electrons. The molecule has 0 aliphatic carbocycles. The molecule has 6 nitrogen and oxygen atoms in total. The highest BCUT2D eigenvalue weighted by Crippen LogP contribution is 2.12. The molecule has 0 bridgehead atoms. The fraction of sp³-hybridized carbons (Fsp3) is 0.381. The zero-order valence-electron chi connectivity index (χ0n) is 17.1. The molecular weight excluding hydrogens is 501 g/mol. The second kappa shape index (κ2) is 12.7. The van der Waals surface area contributed by atoms with Crippen molar-refractivity contribution < 1.29 is 13.2 Å². The molecule has 0 aliphatic rings. The molecule has 0 radical (unpaired) electrons. The lowest BCUT2D eigenvalue weighted by Gasteiger charge is -2.12. The molecule has 2 rings (SSSR count). The Morgan fingerprint density at radius 1 is 1.03 bits per heavy atom. The average Bonchev–Trinajstić information content (AvgIpc) is 2.68. The summed E-state index contributed by atoms with van der Waals surface area (Å²) in [6.45, 7) is 4.20. The smallest absolute Gasteiger partial charge is 0.191 e. The molecule has 0 spiro atoms. The van der Waals surface area contributed by atoms with Gasteiger partial charge in [0.2, 0.25) is 0 Å². The predicted octanol–water partition coefficient (Wildman–Crippen LogP) is 3.06. The molecule has 0 saturated heterocycles. The normalized spacial score (nSPS) is 11.5. The van der Waals surface area contributed by atoms with E-state index in [1.165, 1.54) is 11.8 Å². The summed E-state index contributed by atoms with van der Waals surface area (Å²) in [5.74, 6) is 1.64. The number of hydrogen-bond acceptors (Lipinski definition) is 4. The summed E-state index contributed by atoms with van der Waals surface area (Å²) in [5, 5.41) is 6.58. The van der Waals surface area contributed by atoms with Gasteiger partial charge in [-0.25, -0.2) is 8.42 Å². The molecule has 0 aliphatic heterocycles. The van der Waals surface area contributed by atoms with Gasteiger partial charge in [0.1, 0.15) is 5.75 Å². The van der Waals surface area contributed by atoms with Crippen LogP contribution < -0.4 is 15.4 Å². The summed E-state index contributed by atoms with van der Waals surface area (Å²) in [7, 11) is -1.49. The van der Waals surface area contributed by atoms with Gasteiger partial charge in [-0.15, -0.1) is 24.0 Å². The Kier molecular flexibility index (Phi) is 11.0. The Labute approximate surface area is 191 Å². The number of halogens is 1. The van der Waals surface area contributed by atoms with Gasteiger partial charge in [-0.3, -0.25) is 4.99 Å². The standard InChI is InChI=1S/C21H29N3O3S.HI/c1-4-22-21(24-15-13-18-6-5-7-19(16-18)27-2)23-14-12-17-8-10-20(11-9-17)28(3,25)26;/h5-11,16H,4,12-15H2,1-3H3,(H2,22,23,24);1H. The molecule has 0 atom stereocenters. The minimum Gasteiger partial charge on any atom is -0.497 e. The van der Waals surface area contributed by atoms with E-state index in [1.54, 1.807) is 19.2 Å². The van der Waals surface area contributed by atoms with Crippen LogP contribution in [0.15, 0.2) is 58.4 Å². The quantitative estimate of drug-likeness (QED) is 0.296. The maximum absolute atomic E-state index is 11.5. The summed E-state index contributed by atoms with van der Waals surface area (Å²) < 4.78 is 28.3. The first-order chi connectivity index (χ1) is 13.4. The van der Waals surface area contributed by atoms with Crippen LogP contribution in [0.1, 0.15) is 18.1 Å². The van der Waals surface area contributed by atoms with Crippen LogP contribution in [0, 0.1) is 0 Å². The van der Waals surface area contributed by atoms with Crippen LogP contribution in [0.2, 0.25) is 0 Å². The summed E-state index contributed by atoms with van der Waals surface area (Å²) in [4.78, 5) is 4.94. The Balaban J connectivity index is 0.00000420. The number of nitrogens with one attached hydrogen (secondary N) is 2. The van der Waals surface area contributed by atoms with E-state index < -0.39 is 9.84 Å². The van der Waals surface area contributed by atoms with E-state index in [-0.39, 0.29) is 24.0 Å². The number of benzene rings is 2. The summed E-state index contributed by atoms with van der Waals surface area (Å²) >= 11 is 0. The predicted molar refractivity (Wildman–Crippen MR) is 129 cm³/mol. The Hall–Kier alpha value is -1.81. The third-order valence-electron chi connectivity index (χ3n) is 4.21. The van der Waals surface area contributed by atoms with Crippen molar-refractivity contribution in [2.45, 2.75) is 24.7 Å². The van der Waals surface area contributed by atoms with E-state index in [0.29, 0.717) is 11.4 Å². The number of methoxy groups -OCH3 is 1. The van der Waals surface area contributed by atoms with Gasteiger partial charge in [-0.2, -0.15) is 0 Å². The highest BCUT2D eigenvalue weighted by atomic mass is 127. The van der Waals surface area contributed by atoms with E-state index in [9.17, 15) is 8.42 Å². The van der Waals surface area contributed by atoms with Crippen molar-refractivity contribution in [1.82, 2.24) is 10.6 Å². The van der Waals surface area contributed by atoms with Crippen molar-refractivity contribution >= 4 is 39.8 Å². The van der Waals surface area contributed by atoms with Crippen molar-refractivity contribution in [3.63, 3.8) is 0 Å². The molecule has 0 unspecified atom stereocenters. The largest absolute Gasteiger partial charge is 0.497 e. The van der Waals surface area contributed by atoms with Crippen LogP contribution in [0.4, 0.5) is 0 Å². The number of nitrogens with zero attached hydrogens (tertiary/aromatic N) is 1. The molecule has 0 saturated carbocycles. The maximum Gasteiger partial charge on any atom is 0.191 e. The lowest BCUT2D eigenvalue weighted by molar-refractivity contribution is 0.414. The second-order valence-electron chi connectivity index (χ2n) is 6.46. The van der Waals surface area contributed by atoms with Gasteiger partial charge in [0.15, 0.2) is 15.8 Å². The van der Waals surface area contributed by atoms with Gasteiger partial charge in [-0.1, -0.05) is 24.3 Å². The average molecular weight is 531 g/mol. The van der Waals surface area contributed by atoms with Gasteiger partial charge < -0.3 is 15.4 Å². The lowest BCUT2D eigenvalue weighted by Crippen LogP contribution is -2.38. The summed E-state index contributed by atoms with van der Waals surface area (Å²) in [5.41, 5.74) is 2.26. The third-order valence-corrected chi connectivity index (χ3v) is 5.33. The van der Waals surface area contributed by atoms with Crippen LogP contribution in [-0.2, 0) is 22.7 Å². The number of ether oxygens (including phenoxy) is 1. The molecule has 2 aromatic carbocycles.